The Bertz CT molecular complexity index is 558. The maximum Gasteiger partial charge on any atom is 0.0952 e. The van der Waals surface area contributed by atoms with Crippen molar-refractivity contribution in [2.75, 3.05) is 19.7 Å². The highest BCUT2D eigenvalue weighted by Gasteiger charge is 2.21. The number of halogens is 1. The van der Waals surface area contributed by atoms with Crippen LogP contribution in [0.25, 0.3) is 0 Å². The molecule has 20 heavy (non-hydrogen) atoms. The zero-order chi connectivity index (χ0) is 13.8. The summed E-state index contributed by atoms with van der Waals surface area (Å²) in [5.74, 6) is 0. The molecule has 1 heterocycles. The molecule has 0 saturated carbocycles. The molecule has 1 aliphatic heterocycles. The van der Waals surface area contributed by atoms with Crippen LogP contribution < -0.4 is 0 Å². The third-order valence-corrected chi connectivity index (χ3v) is 4.11. The fraction of sp³-hybridized carbons (Fsp3) is 0.294. The smallest absolute Gasteiger partial charge is 0.0952 e. The molecule has 0 radical (unpaired) electrons. The van der Waals surface area contributed by atoms with Crippen LogP contribution >= 0.6 is 15.9 Å². The van der Waals surface area contributed by atoms with Gasteiger partial charge in [0.15, 0.2) is 0 Å². The molecule has 2 aromatic carbocycles. The SMILES string of the molecule is Brc1cccc(CN2CCOC(c3ccccc3)C2)c1. The van der Waals surface area contributed by atoms with Crippen LogP contribution in [0.2, 0.25) is 0 Å². The van der Waals surface area contributed by atoms with Gasteiger partial charge in [0.2, 0.25) is 0 Å². The van der Waals surface area contributed by atoms with Crippen molar-refractivity contribution in [1.82, 2.24) is 4.90 Å². The Morgan fingerprint density at radius 1 is 1.10 bits per heavy atom. The second-order valence-corrected chi connectivity index (χ2v) is 6.05. The van der Waals surface area contributed by atoms with Gasteiger partial charge in [-0.2, -0.15) is 0 Å². The molecule has 0 amide bonds. The number of ether oxygens (including phenoxy) is 1. The van der Waals surface area contributed by atoms with Crippen LogP contribution in [-0.2, 0) is 11.3 Å². The van der Waals surface area contributed by atoms with Crippen molar-refractivity contribution >= 4 is 15.9 Å². The number of nitrogens with zero attached hydrogens (tertiary/aromatic N) is 1. The molecule has 2 aromatic rings. The van der Waals surface area contributed by atoms with Crippen molar-refractivity contribution in [3.8, 4) is 0 Å². The highest BCUT2D eigenvalue weighted by molar-refractivity contribution is 9.10. The van der Waals surface area contributed by atoms with Crippen LogP contribution in [0, 0.1) is 0 Å². The largest absolute Gasteiger partial charge is 0.371 e. The highest BCUT2D eigenvalue weighted by atomic mass is 79.9. The predicted molar refractivity (Wildman–Crippen MR) is 84.6 cm³/mol. The van der Waals surface area contributed by atoms with Crippen LogP contribution in [0.5, 0.6) is 0 Å². The Hall–Kier alpha value is -1.16. The minimum absolute atomic E-state index is 0.192. The maximum atomic E-state index is 5.90. The van der Waals surface area contributed by atoms with E-state index in [2.05, 4.69) is 69.4 Å². The van der Waals surface area contributed by atoms with Crippen LogP contribution in [-0.4, -0.2) is 24.6 Å². The molecule has 1 unspecified atom stereocenters. The first-order valence-corrected chi connectivity index (χ1v) is 7.74. The molecule has 0 aliphatic carbocycles. The quantitative estimate of drug-likeness (QED) is 0.842. The molecule has 3 heteroatoms. The highest BCUT2D eigenvalue weighted by Crippen LogP contribution is 2.23. The summed E-state index contributed by atoms with van der Waals surface area (Å²) in [7, 11) is 0. The lowest BCUT2D eigenvalue weighted by Gasteiger charge is -2.33. The summed E-state index contributed by atoms with van der Waals surface area (Å²) in [6, 6.07) is 19.0. The van der Waals surface area contributed by atoms with E-state index in [4.69, 9.17) is 4.74 Å². The van der Waals surface area contributed by atoms with E-state index in [0.717, 1.165) is 30.7 Å². The Balaban J connectivity index is 1.66. The summed E-state index contributed by atoms with van der Waals surface area (Å²) in [4.78, 5) is 2.46. The van der Waals surface area contributed by atoms with E-state index in [0.29, 0.717) is 0 Å². The molecular weight excluding hydrogens is 314 g/mol. The van der Waals surface area contributed by atoms with Crippen LogP contribution in [0.15, 0.2) is 59.1 Å². The Morgan fingerprint density at radius 3 is 2.75 bits per heavy atom. The fourth-order valence-electron chi connectivity index (χ4n) is 2.61. The first-order valence-electron chi connectivity index (χ1n) is 6.94. The Labute approximate surface area is 128 Å². The molecule has 104 valence electrons. The van der Waals surface area contributed by atoms with Gasteiger partial charge in [0, 0.05) is 24.1 Å². The Kier molecular flexibility index (Phi) is 4.51. The summed E-state index contributed by atoms with van der Waals surface area (Å²) < 4.78 is 7.05. The second-order valence-electron chi connectivity index (χ2n) is 5.14. The van der Waals surface area contributed by atoms with Gasteiger partial charge in [0.05, 0.1) is 12.7 Å². The molecule has 1 aliphatic rings. The van der Waals surface area contributed by atoms with E-state index in [-0.39, 0.29) is 6.10 Å². The van der Waals surface area contributed by atoms with Crippen molar-refractivity contribution in [1.29, 1.82) is 0 Å². The van der Waals surface area contributed by atoms with Gasteiger partial charge >= 0.3 is 0 Å². The van der Waals surface area contributed by atoms with Crippen molar-refractivity contribution in [3.05, 3.63) is 70.2 Å². The van der Waals surface area contributed by atoms with Gasteiger partial charge in [-0.3, -0.25) is 4.90 Å². The molecule has 3 rings (SSSR count). The van der Waals surface area contributed by atoms with E-state index in [1.807, 2.05) is 6.07 Å². The van der Waals surface area contributed by atoms with Gasteiger partial charge in [-0.15, -0.1) is 0 Å². The zero-order valence-electron chi connectivity index (χ0n) is 11.3. The third-order valence-electron chi connectivity index (χ3n) is 3.62. The number of hydrogen-bond acceptors (Lipinski definition) is 2. The summed E-state index contributed by atoms with van der Waals surface area (Å²) in [5.41, 5.74) is 2.61. The third kappa shape index (κ3) is 3.48. The van der Waals surface area contributed by atoms with Gasteiger partial charge in [-0.1, -0.05) is 58.4 Å². The number of hydrogen-bond donors (Lipinski definition) is 0. The van der Waals surface area contributed by atoms with E-state index in [1.165, 1.54) is 11.1 Å². The predicted octanol–water partition coefficient (Wildman–Crippen LogP) is 4.02. The van der Waals surface area contributed by atoms with E-state index in [9.17, 15) is 0 Å². The standard InChI is InChI=1S/C17H18BrNO/c18-16-8-4-5-14(11-16)12-19-9-10-20-17(13-19)15-6-2-1-3-7-15/h1-8,11,17H,9-10,12-13H2. The molecule has 0 bridgehead atoms. The summed E-state index contributed by atoms with van der Waals surface area (Å²) in [6.07, 6.45) is 0.192. The van der Waals surface area contributed by atoms with Crippen molar-refractivity contribution < 1.29 is 4.74 Å². The molecule has 1 atom stereocenters. The number of rotatable bonds is 3. The van der Waals surface area contributed by atoms with E-state index < -0.39 is 0 Å². The Morgan fingerprint density at radius 2 is 1.95 bits per heavy atom. The monoisotopic (exact) mass is 331 g/mol. The second kappa shape index (κ2) is 6.53. The van der Waals surface area contributed by atoms with E-state index in [1.54, 1.807) is 0 Å². The van der Waals surface area contributed by atoms with Crippen LogP contribution in [0.4, 0.5) is 0 Å². The molecule has 0 spiro atoms. The van der Waals surface area contributed by atoms with Crippen LogP contribution in [0.1, 0.15) is 17.2 Å². The van der Waals surface area contributed by atoms with Crippen LogP contribution in [0.3, 0.4) is 0 Å². The first kappa shape index (κ1) is 13.8. The normalized spacial score (nSPS) is 19.9. The molecular formula is C17H18BrNO. The lowest BCUT2D eigenvalue weighted by Crippen LogP contribution is -2.37. The average Bonchev–Trinajstić information content (AvgIpc) is 2.48. The van der Waals surface area contributed by atoms with Gasteiger partial charge in [-0.25, -0.2) is 0 Å². The van der Waals surface area contributed by atoms with Crippen molar-refractivity contribution in [2.24, 2.45) is 0 Å². The van der Waals surface area contributed by atoms with Gasteiger partial charge < -0.3 is 4.74 Å². The molecule has 0 aromatic heterocycles. The lowest BCUT2D eigenvalue weighted by molar-refractivity contribution is -0.0329. The number of morpholine rings is 1. The topological polar surface area (TPSA) is 12.5 Å². The summed E-state index contributed by atoms with van der Waals surface area (Å²) in [5, 5.41) is 0. The maximum absolute atomic E-state index is 5.90. The van der Waals surface area contributed by atoms with Gasteiger partial charge in [0.25, 0.3) is 0 Å². The fourth-order valence-corrected chi connectivity index (χ4v) is 3.06. The minimum atomic E-state index is 0.192. The number of benzene rings is 2. The summed E-state index contributed by atoms with van der Waals surface area (Å²) in [6.45, 7) is 3.73. The van der Waals surface area contributed by atoms with E-state index >= 15 is 0 Å². The van der Waals surface area contributed by atoms with Gasteiger partial charge in [-0.05, 0) is 23.3 Å². The van der Waals surface area contributed by atoms with Gasteiger partial charge in [0.1, 0.15) is 0 Å². The molecule has 1 saturated heterocycles. The van der Waals surface area contributed by atoms with Crippen molar-refractivity contribution in [2.45, 2.75) is 12.6 Å². The summed E-state index contributed by atoms with van der Waals surface area (Å²) >= 11 is 3.53. The molecule has 2 nitrogen and oxygen atoms in total. The first-order chi connectivity index (χ1) is 9.81. The molecule has 1 fully saturated rings. The zero-order valence-corrected chi connectivity index (χ0v) is 12.9. The average molecular weight is 332 g/mol. The lowest BCUT2D eigenvalue weighted by atomic mass is 10.1. The van der Waals surface area contributed by atoms with Crippen molar-refractivity contribution in [3.63, 3.8) is 0 Å². The molecule has 0 N–H and O–H groups in total. The minimum Gasteiger partial charge on any atom is -0.371 e.